The van der Waals surface area contributed by atoms with Gasteiger partial charge in [-0.15, -0.1) is 5.10 Å². The van der Waals surface area contributed by atoms with Crippen LogP contribution in [0.5, 0.6) is 0 Å². The number of para-hydroxylation sites is 1. The first-order chi connectivity index (χ1) is 15.0. The Kier molecular flexibility index (Phi) is 5.95. The zero-order valence-electron chi connectivity index (χ0n) is 16.6. The molecule has 2 N–H and O–H groups in total. The molecule has 3 aromatic carbocycles. The highest BCUT2D eigenvalue weighted by molar-refractivity contribution is 6.30. The summed E-state index contributed by atoms with van der Waals surface area (Å²) in [4.78, 5) is 26.2. The van der Waals surface area contributed by atoms with Gasteiger partial charge in [-0.05, 0) is 47.5 Å². The minimum atomic E-state index is -0.405. The van der Waals surface area contributed by atoms with E-state index in [0.29, 0.717) is 17.3 Å². The van der Waals surface area contributed by atoms with Crippen LogP contribution in [0.15, 0.2) is 72.8 Å². The molecule has 1 heterocycles. The van der Waals surface area contributed by atoms with Gasteiger partial charge >= 0.3 is 0 Å². The predicted octanol–water partition coefficient (Wildman–Crippen LogP) is 3.35. The van der Waals surface area contributed by atoms with E-state index in [1.54, 1.807) is 39.9 Å². The Balaban J connectivity index is 1.64. The standard InChI is InChI=1S/C23H20ClN5O2/c24-18-5-3-4-17(12-18)14-28(19-10-8-16(9-11-19)13-22(25)30)23(31)15-29-21-7-2-1-6-20(21)26-27-29/h1-12H,13-15H2,(H2,25,30). The minimum Gasteiger partial charge on any atom is -0.369 e. The first kappa shape index (κ1) is 20.6. The number of halogens is 1. The average Bonchev–Trinajstić information content (AvgIpc) is 3.15. The summed E-state index contributed by atoms with van der Waals surface area (Å²) in [7, 11) is 0. The van der Waals surface area contributed by atoms with Crippen LogP contribution < -0.4 is 10.6 Å². The van der Waals surface area contributed by atoms with Crippen LogP contribution >= 0.6 is 11.6 Å². The highest BCUT2D eigenvalue weighted by Gasteiger charge is 2.19. The molecule has 0 fully saturated rings. The lowest BCUT2D eigenvalue weighted by molar-refractivity contribution is -0.119. The van der Waals surface area contributed by atoms with E-state index in [2.05, 4.69) is 10.3 Å². The van der Waals surface area contributed by atoms with Crippen LogP contribution in [-0.2, 0) is 29.1 Å². The number of benzene rings is 3. The fraction of sp³-hybridized carbons (Fsp3) is 0.130. The van der Waals surface area contributed by atoms with Crippen molar-refractivity contribution < 1.29 is 9.59 Å². The summed E-state index contributed by atoms with van der Waals surface area (Å²) >= 11 is 6.13. The van der Waals surface area contributed by atoms with Crippen LogP contribution in [0.1, 0.15) is 11.1 Å². The molecule has 4 aromatic rings. The van der Waals surface area contributed by atoms with Crippen molar-refractivity contribution in [1.82, 2.24) is 15.0 Å². The lowest BCUT2D eigenvalue weighted by atomic mass is 10.1. The molecular weight excluding hydrogens is 414 g/mol. The molecule has 0 atom stereocenters. The van der Waals surface area contributed by atoms with E-state index in [4.69, 9.17) is 17.3 Å². The Morgan fingerprint density at radius 3 is 2.48 bits per heavy atom. The summed E-state index contributed by atoms with van der Waals surface area (Å²) in [6.45, 7) is 0.366. The first-order valence-electron chi connectivity index (χ1n) is 9.70. The highest BCUT2D eigenvalue weighted by Crippen LogP contribution is 2.21. The van der Waals surface area contributed by atoms with Crippen molar-refractivity contribution in [3.63, 3.8) is 0 Å². The maximum absolute atomic E-state index is 13.3. The van der Waals surface area contributed by atoms with E-state index in [1.807, 2.05) is 42.5 Å². The van der Waals surface area contributed by atoms with Crippen molar-refractivity contribution in [3.8, 4) is 0 Å². The third-order valence-electron chi connectivity index (χ3n) is 4.86. The number of nitrogens with two attached hydrogens (primary N) is 1. The van der Waals surface area contributed by atoms with Gasteiger partial charge in [0.1, 0.15) is 12.1 Å². The molecule has 4 rings (SSSR count). The molecule has 0 unspecified atom stereocenters. The van der Waals surface area contributed by atoms with Crippen molar-refractivity contribution in [3.05, 3.63) is 88.9 Å². The predicted molar refractivity (Wildman–Crippen MR) is 120 cm³/mol. The topological polar surface area (TPSA) is 94.1 Å². The van der Waals surface area contributed by atoms with E-state index in [-0.39, 0.29) is 18.9 Å². The molecule has 0 aliphatic heterocycles. The van der Waals surface area contributed by atoms with Gasteiger partial charge in [0.05, 0.1) is 18.5 Å². The summed E-state index contributed by atoms with van der Waals surface area (Å²) in [6, 6.07) is 22.1. The van der Waals surface area contributed by atoms with Crippen LogP contribution in [-0.4, -0.2) is 26.8 Å². The molecule has 31 heavy (non-hydrogen) atoms. The number of hydrogen-bond acceptors (Lipinski definition) is 4. The van der Waals surface area contributed by atoms with Gasteiger partial charge in [0, 0.05) is 10.7 Å². The minimum absolute atomic E-state index is 0.0319. The molecule has 0 aliphatic rings. The van der Waals surface area contributed by atoms with E-state index in [0.717, 1.165) is 22.2 Å². The number of fused-ring (bicyclic) bond motifs is 1. The Morgan fingerprint density at radius 2 is 1.74 bits per heavy atom. The van der Waals surface area contributed by atoms with Gasteiger partial charge in [-0.1, -0.05) is 53.2 Å². The van der Waals surface area contributed by atoms with E-state index in [1.165, 1.54) is 0 Å². The van der Waals surface area contributed by atoms with Crippen LogP contribution in [0, 0.1) is 0 Å². The van der Waals surface area contributed by atoms with Crippen LogP contribution in [0.25, 0.3) is 11.0 Å². The zero-order valence-corrected chi connectivity index (χ0v) is 17.4. The Hall–Kier alpha value is -3.71. The largest absolute Gasteiger partial charge is 0.369 e. The van der Waals surface area contributed by atoms with Crippen molar-refractivity contribution in [2.45, 2.75) is 19.5 Å². The van der Waals surface area contributed by atoms with Gasteiger partial charge in [0.25, 0.3) is 0 Å². The van der Waals surface area contributed by atoms with E-state index in [9.17, 15) is 9.59 Å². The average molecular weight is 434 g/mol. The summed E-state index contributed by atoms with van der Waals surface area (Å²) in [5.41, 5.74) is 9.17. The van der Waals surface area contributed by atoms with E-state index >= 15 is 0 Å². The van der Waals surface area contributed by atoms with Gasteiger partial charge in [-0.3, -0.25) is 9.59 Å². The fourth-order valence-corrected chi connectivity index (χ4v) is 3.60. The monoisotopic (exact) mass is 433 g/mol. The molecule has 0 saturated heterocycles. The second-order valence-electron chi connectivity index (χ2n) is 7.16. The molecule has 0 spiro atoms. The van der Waals surface area contributed by atoms with Gasteiger partial charge in [-0.2, -0.15) is 0 Å². The number of carbonyl (C=O) groups excluding carboxylic acids is 2. The van der Waals surface area contributed by atoms with Crippen molar-refractivity contribution in [2.24, 2.45) is 5.73 Å². The smallest absolute Gasteiger partial charge is 0.249 e. The quantitative estimate of drug-likeness (QED) is 0.483. The summed E-state index contributed by atoms with van der Waals surface area (Å²) < 4.78 is 1.59. The number of aromatic nitrogens is 3. The SMILES string of the molecule is NC(=O)Cc1ccc(N(Cc2cccc(Cl)c2)C(=O)Cn2nnc3ccccc32)cc1. The third-order valence-corrected chi connectivity index (χ3v) is 5.10. The molecule has 7 nitrogen and oxygen atoms in total. The van der Waals surface area contributed by atoms with Gasteiger partial charge in [0.15, 0.2) is 0 Å². The van der Waals surface area contributed by atoms with Crippen LogP contribution in [0.3, 0.4) is 0 Å². The molecule has 156 valence electrons. The number of anilines is 1. The lowest BCUT2D eigenvalue weighted by Gasteiger charge is -2.23. The lowest BCUT2D eigenvalue weighted by Crippen LogP contribution is -2.33. The maximum atomic E-state index is 13.3. The fourth-order valence-electron chi connectivity index (χ4n) is 3.38. The number of amides is 2. The maximum Gasteiger partial charge on any atom is 0.249 e. The highest BCUT2D eigenvalue weighted by atomic mass is 35.5. The van der Waals surface area contributed by atoms with Crippen molar-refractivity contribution >= 4 is 40.1 Å². The second kappa shape index (κ2) is 8.97. The molecule has 0 bridgehead atoms. The molecular formula is C23H20ClN5O2. The van der Waals surface area contributed by atoms with Gasteiger partial charge in [0.2, 0.25) is 11.8 Å². The Morgan fingerprint density at radius 1 is 0.968 bits per heavy atom. The van der Waals surface area contributed by atoms with Crippen LogP contribution in [0.4, 0.5) is 5.69 Å². The third kappa shape index (κ3) is 4.90. The normalized spacial score (nSPS) is 10.9. The van der Waals surface area contributed by atoms with Crippen molar-refractivity contribution in [1.29, 1.82) is 0 Å². The van der Waals surface area contributed by atoms with Gasteiger partial charge in [-0.25, -0.2) is 4.68 Å². The Labute approximate surface area is 184 Å². The summed E-state index contributed by atoms with van der Waals surface area (Å²) in [6.07, 6.45) is 0.146. The molecule has 0 radical (unpaired) electrons. The molecule has 8 heteroatoms. The van der Waals surface area contributed by atoms with Crippen molar-refractivity contribution in [2.75, 3.05) is 4.90 Å². The zero-order chi connectivity index (χ0) is 21.8. The molecule has 0 aliphatic carbocycles. The number of hydrogen-bond donors (Lipinski definition) is 1. The number of nitrogens with zero attached hydrogens (tertiary/aromatic N) is 4. The summed E-state index contributed by atoms with van der Waals surface area (Å²) in [5, 5.41) is 8.85. The van der Waals surface area contributed by atoms with E-state index < -0.39 is 5.91 Å². The summed E-state index contributed by atoms with van der Waals surface area (Å²) in [5.74, 6) is -0.559. The Bertz CT molecular complexity index is 1240. The number of rotatable bonds is 7. The second-order valence-corrected chi connectivity index (χ2v) is 7.59. The number of carbonyl (C=O) groups is 2. The van der Waals surface area contributed by atoms with Gasteiger partial charge < -0.3 is 10.6 Å². The molecule has 0 saturated carbocycles. The molecule has 1 aromatic heterocycles. The number of primary amides is 1. The van der Waals surface area contributed by atoms with Crippen LogP contribution in [0.2, 0.25) is 5.02 Å². The molecule has 2 amide bonds. The first-order valence-corrected chi connectivity index (χ1v) is 10.1.